The van der Waals surface area contributed by atoms with E-state index < -0.39 is 17.8 Å². The molecule has 2 rings (SSSR count). The summed E-state index contributed by atoms with van der Waals surface area (Å²) in [5, 5.41) is 10.5. The van der Waals surface area contributed by atoms with Crippen molar-refractivity contribution in [3.05, 3.63) is 29.3 Å². The van der Waals surface area contributed by atoms with Crippen LogP contribution in [0.1, 0.15) is 28.8 Å². The van der Waals surface area contributed by atoms with Crippen molar-refractivity contribution in [3.8, 4) is 0 Å². The number of anilines is 1. The lowest BCUT2D eigenvalue weighted by Crippen LogP contribution is -2.44. The van der Waals surface area contributed by atoms with Crippen LogP contribution in [-0.4, -0.2) is 30.6 Å². The third-order valence-corrected chi connectivity index (χ3v) is 3.55. The minimum absolute atomic E-state index is 0.0547. The smallest absolute Gasteiger partial charge is 0.329 e. The molecule has 0 aliphatic heterocycles. The number of carbonyl (C=O) groups excluding carboxylic acids is 1. The highest BCUT2D eigenvalue weighted by molar-refractivity contribution is 7.80. The van der Waals surface area contributed by atoms with Crippen molar-refractivity contribution in [3.63, 3.8) is 0 Å². The van der Waals surface area contributed by atoms with Crippen molar-refractivity contribution in [2.75, 3.05) is 5.32 Å². The number of thiocarbonyl (C=S) groups is 1. The van der Waals surface area contributed by atoms with Gasteiger partial charge < -0.3 is 5.32 Å². The molecule has 0 spiro atoms. The van der Waals surface area contributed by atoms with Crippen LogP contribution in [0.15, 0.2) is 12.3 Å². The quantitative estimate of drug-likeness (QED) is 0.558. The van der Waals surface area contributed by atoms with Crippen LogP contribution >= 0.6 is 12.2 Å². The van der Waals surface area contributed by atoms with Gasteiger partial charge in [-0.15, -0.1) is 0 Å². The topological polar surface area (TPSA) is 88.8 Å². The fourth-order valence-corrected chi connectivity index (χ4v) is 2.22. The lowest BCUT2D eigenvalue weighted by Gasteiger charge is -2.10. The number of hydrogen-bond donors (Lipinski definition) is 3. The molecule has 0 saturated heterocycles. The van der Waals surface area contributed by atoms with Gasteiger partial charge in [0, 0.05) is 19.7 Å². The van der Waals surface area contributed by atoms with Crippen molar-refractivity contribution in [1.29, 1.82) is 0 Å². The van der Waals surface area contributed by atoms with Crippen LogP contribution in [0.2, 0.25) is 0 Å². The average molecular weight is 375 g/mol. The Hall–Kier alpha value is -2.63. The van der Waals surface area contributed by atoms with E-state index in [1.54, 1.807) is 10.9 Å². The standard InChI is InChI=1S/C13H16F3N7OS/c1-4-23-7(2)9(6-17-23)18-12(25)20-19-11(24)8-5-10(13(14,15)16)22(3)21-8/h5-6H,4H2,1-3H3,(H,19,24)(H2,18,20,25). The summed E-state index contributed by atoms with van der Waals surface area (Å²) in [5.74, 6) is -0.851. The number of halogens is 3. The molecule has 0 unspecified atom stereocenters. The summed E-state index contributed by atoms with van der Waals surface area (Å²) in [6, 6.07) is 0.656. The number of nitrogens with one attached hydrogen (secondary N) is 3. The largest absolute Gasteiger partial charge is 0.433 e. The molecular formula is C13H16F3N7OS. The molecule has 8 nitrogen and oxygen atoms in total. The van der Waals surface area contributed by atoms with E-state index in [0.29, 0.717) is 23.0 Å². The molecule has 12 heteroatoms. The first-order chi connectivity index (χ1) is 11.6. The second-order valence-electron chi connectivity index (χ2n) is 5.03. The number of carbonyl (C=O) groups is 1. The summed E-state index contributed by atoms with van der Waals surface area (Å²) >= 11 is 5.02. The maximum absolute atomic E-state index is 12.7. The summed E-state index contributed by atoms with van der Waals surface area (Å²) in [4.78, 5) is 11.9. The highest BCUT2D eigenvalue weighted by atomic mass is 32.1. The summed E-state index contributed by atoms with van der Waals surface area (Å²) in [5.41, 5.74) is 4.67. The molecule has 2 aromatic rings. The SMILES string of the molecule is CCn1ncc(NC(=S)NNC(=O)c2cc(C(F)(F)F)n(C)n2)c1C. The Morgan fingerprint density at radius 3 is 2.56 bits per heavy atom. The Balaban J connectivity index is 1.95. The van der Waals surface area contributed by atoms with Crippen LogP contribution in [0.25, 0.3) is 0 Å². The number of nitrogens with zero attached hydrogens (tertiary/aromatic N) is 4. The molecule has 3 N–H and O–H groups in total. The molecular weight excluding hydrogens is 359 g/mol. The third-order valence-electron chi connectivity index (χ3n) is 3.34. The molecule has 136 valence electrons. The number of alkyl halides is 3. The van der Waals surface area contributed by atoms with Gasteiger partial charge >= 0.3 is 6.18 Å². The first kappa shape index (κ1) is 18.7. The van der Waals surface area contributed by atoms with Crippen molar-refractivity contribution < 1.29 is 18.0 Å². The van der Waals surface area contributed by atoms with Crippen LogP contribution in [0, 0.1) is 6.92 Å². The van der Waals surface area contributed by atoms with Crippen LogP contribution in [-0.2, 0) is 19.8 Å². The molecule has 0 bridgehead atoms. The molecule has 1 amide bonds. The number of amides is 1. The zero-order valence-corrected chi connectivity index (χ0v) is 14.4. The minimum atomic E-state index is -4.60. The third kappa shape index (κ3) is 4.26. The monoisotopic (exact) mass is 375 g/mol. The number of aromatic nitrogens is 4. The number of aryl methyl sites for hydroxylation is 2. The fourth-order valence-electron chi connectivity index (χ4n) is 2.06. The highest BCUT2D eigenvalue weighted by Crippen LogP contribution is 2.29. The van der Waals surface area contributed by atoms with Crippen molar-refractivity contribution in [2.45, 2.75) is 26.6 Å². The van der Waals surface area contributed by atoms with E-state index in [0.717, 1.165) is 12.7 Å². The highest BCUT2D eigenvalue weighted by Gasteiger charge is 2.35. The van der Waals surface area contributed by atoms with Gasteiger partial charge in [-0.05, 0) is 26.1 Å². The Kier molecular flexibility index (Phi) is 5.30. The van der Waals surface area contributed by atoms with Crippen LogP contribution < -0.4 is 16.2 Å². The van der Waals surface area contributed by atoms with Gasteiger partial charge in [-0.2, -0.15) is 23.4 Å². The number of rotatable bonds is 3. The van der Waals surface area contributed by atoms with E-state index >= 15 is 0 Å². The van der Waals surface area contributed by atoms with E-state index in [2.05, 4.69) is 26.4 Å². The molecule has 2 heterocycles. The van der Waals surface area contributed by atoms with Crippen molar-refractivity contribution in [1.82, 2.24) is 30.4 Å². The average Bonchev–Trinajstić information content (AvgIpc) is 3.08. The van der Waals surface area contributed by atoms with Gasteiger partial charge in [0.2, 0.25) is 0 Å². The van der Waals surface area contributed by atoms with Gasteiger partial charge in [-0.1, -0.05) is 0 Å². The molecule has 2 aromatic heterocycles. The van der Waals surface area contributed by atoms with Gasteiger partial charge in [0.1, 0.15) is 5.69 Å². The predicted octanol–water partition coefficient (Wildman–Crippen LogP) is 1.60. The second-order valence-corrected chi connectivity index (χ2v) is 5.44. The van der Waals surface area contributed by atoms with Crippen LogP contribution in [0.3, 0.4) is 0 Å². The van der Waals surface area contributed by atoms with Gasteiger partial charge in [0.05, 0.1) is 17.6 Å². The molecule has 0 aromatic carbocycles. The maximum atomic E-state index is 12.7. The molecule has 0 fully saturated rings. The van der Waals surface area contributed by atoms with E-state index in [-0.39, 0.29) is 10.8 Å². The molecule has 25 heavy (non-hydrogen) atoms. The van der Waals surface area contributed by atoms with Crippen molar-refractivity contribution in [2.24, 2.45) is 7.05 Å². The fraction of sp³-hybridized carbons (Fsp3) is 0.385. The van der Waals surface area contributed by atoms with Gasteiger partial charge in [0.25, 0.3) is 5.91 Å². The van der Waals surface area contributed by atoms with Crippen LogP contribution in [0.4, 0.5) is 18.9 Å². The summed E-state index contributed by atoms with van der Waals surface area (Å²) < 4.78 is 40.4. The molecule has 0 aliphatic carbocycles. The van der Waals surface area contributed by atoms with Gasteiger partial charge in [0.15, 0.2) is 10.8 Å². The Bertz CT molecular complexity index is 796. The predicted molar refractivity (Wildman–Crippen MR) is 87.7 cm³/mol. The lowest BCUT2D eigenvalue weighted by molar-refractivity contribution is -0.143. The Morgan fingerprint density at radius 1 is 1.36 bits per heavy atom. The summed E-state index contributed by atoms with van der Waals surface area (Å²) in [6.07, 6.45) is -3.02. The van der Waals surface area contributed by atoms with E-state index in [1.807, 2.05) is 13.8 Å². The molecule has 0 radical (unpaired) electrons. The first-order valence-electron chi connectivity index (χ1n) is 7.14. The van der Waals surface area contributed by atoms with E-state index in [9.17, 15) is 18.0 Å². The zero-order chi connectivity index (χ0) is 18.8. The normalized spacial score (nSPS) is 11.3. The number of hydrogen-bond acceptors (Lipinski definition) is 4. The van der Waals surface area contributed by atoms with Crippen LogP contribution in [0.5, 0.6) is 0 Å². The van der Waals surface area contributed by atoms with Gasteiger partial charge in [-0.3, -0.25) is 25.0 Å². The summed E-state index contributed by atoms with van der Waals surface area (Å²) in [6.45, 7) is 4.46. The minimum Gasteiger partial charge on any atom is -0.329 e. The lowest BCUT2D eigenvalue weighted by atomic mass is 10.3. The molecule has 0 aliphatic rings. The molecule has 0 atom stereocenters. The first-order valence-corrected chi connectivity index (χ1v) is 7.55. The molecule has 0 saturated carbocycles. The number of hydrazine groups is 1. The van der Waals surface area contributed by atoms with Gasteiger partial charge in [-0.25, -0.2) is 0 Å². The Labute approximate surface area is 146 Å². The summed E-state index contributed by atoms with van der Waals surface area (Å²) in [7, 11) is 1.10. The van der Waals surface area contributed by atoms with E-state index in [4.69, 9.17) is 12.2 Å². The Morgan fingerprint density at radius 2 is 2.04 bits per heavy atom. The van der Waals surface area contributed by atoms with Crippen molar-refractivity contribution >= 4 is 28.9 Å². The maximum Gasteiger partial charge on any atom is 0.433 e. The zero-order valence-electron chi connectivity index (χ0n) is 13.6. The van der Waals surface area contributed by atoms with E-state index in [1.165, 1.54) is 0 Å². The second kappa shape index (κ2) is 7.09.